The Morgan fingerprint density at radius 2 is 1.82 bits per heavy atom. The van der Waals surface area contributed by atoms with Crippen LogP contribution in [0.1, 0.15) is 11.4 Å². The Kier molecular flexibility index (Phi) is 3.98. The fourth-order valence-corrected chi connectivity index (χ4v) is 2.50. The molecule has 3 nitrogen and oxygen atoms in total. The van der Waals surface area contributed by atoms with Crippen molar-refractivity contribution in [2.45, 2.75) is 6.92 Å². The molecule has 0 saturated heterocycles. The number of aromatic nitrogens is 1. The number of phenols is 1. The fourth-order valence-electron chi connectivity index (χ4n) is 2.33. The Labute approximate surface area is 134 Å². The van der Waals surface area contributed by atoms with Crippen LogP contribution in [0.25, 0.3) is 5.69 Å². The second-order valence-corrected chi connectivity index (χ2v) is 5.40. The van der Waals surface area contributed by atoms with Crippen molar-refractivity contribution in [2.24, 2.45) is 4.99 Å². The van der Waals surface area contributed by atoms with Crippen LogP contribution in [0.3, 0.4) is 0 Å². The highest BCUT2D eigenvalue weighted by molar-refractivity contribution is 6.30. The molecule has 0 aliphatic heterocycles. The topological polar surface area (TPSA) is 37.5 Å². The van der Waals surface area contributed by atoms with E-state index in [-0.39, 0.29) is 5.75 Å². The van der Waals surface area contributed by atoms with Crippen LogP contribution in [0, 0.1) is 6.92 Å². The van der Waals surface area contributed by atoms with Gasteiger partial charge in [0.25, 0.3) is 0 Å². The number of hydrogen-bond donors (Lipinski definition) is 1. The number of phenolic OH excluding ortho intramolecular Hbond substituents is 1. The molecule has 1 aromatic heterocycles. The van der Waals surface area contributed by atoms with Crippen molar-refractivity contribution in [3.8, 4) is 11.4 Å². The molecule has 110 valence electrons. The van der Waals surface area contributed by atoms with E-state index in [1.54, 1.807) is 18.3 Å². The van der Waals surface area contributed by atoms with E-state index in [9.17, 15) is 5.11 Å². The molecule has 0 amide bonds. The van der Waals surface area contributed by atoms with E-state index in [1.165, 1.54) is 6.07 Å². The number of nitrogens with zero attached hydrogens (tertiary/aromatic N) is 2. The van der Waals surface area contributed by atoms with Crippen LogP contribution < -0.4 is 0 Å². The third-order valence-corrected chi connectivity index (χ3v) is 3.63. The van der Waals surface area contributed by atoms with Crippen molar-refractivity contribution in [1.29, 1.82) is 0 Å². The van der Waals surface area contributed by atoms with E-state index < -0.39 is 0 Å². The smallest absolute Gasteiger partial charge is 0.142 e. The van der Waals surface area contributed by atoms with Crippen molar-refractivity contribution < 1.29 is 5.11 Å². The molecule has 2 aromatic carbocycles. The lowest BCUT2D eigenvalue weighted by Crippen LogP contribution is -2.00. The van der Waals surface area contributed by atoms with E-state index >= 15 is 0 Å². The van der Waals surface area contributed by atoms with Crippen LogP contribution in [0.4, 0.5) is 5.69 Å². The van der Waals surface area contributed by atoms with Crippen molar-refractivity contribution in [1.82, 2.24) is 4.57 Å². The van der Waals surface area contributed by atoms with E-state index in [2.05, 4.69) is 9.56 Å². The number of aryl methyl sites for hydroxylation is 1. The summed E-state index contributed by atoms with van der Waals surface area (Å²) in [6, 6.07) is 19.0. The Balaban J connectivity index is 1.98. The van der Waals surface area contributed by atoms with Crippen molar-refractivity contribution in [2.75, 3.05) is 0 Å². The van der Waals surface area contributed by atoms with Gasteiger partial charge in [0.2, 0.25) is 0 Å². The van der Waals surface area contributed by atoms with Gasteiger partial charge in [-0.15, -0.1) is 0 Å². The summed E-state index contributed by atoms with van der Waals surface area (Å²) < 4.78 is 2.11. The van der Waals surface area contributed by atoms with Crippen LogP contribution in [0.2, 0.25) is 5.02 Å². The molecule has 0 aliphatic rings. The fraction of sp³-hybridized carbons (Fsp3) is 0.0556. The minimum Gasteiger partial charge on any atom is -0.506 e. The zero-order valence-corrected chi connectivity index (χ0v) is 12.8. The molecule has 22 heavy (non-hydrogen) atoms. The molecule has 0 aliphatic carbocycles. The number of rotatable bonds is 3. The van der Waals surface area contributed by atoms with E-state index in [0.717, 1.165) is 17.1 Å². The first-order chi connectivity index (χ1) is 10.6. The molecule has 1 heterocycles. The summed E-state index contributed by atoms with van der Waals surface area (Å²) >= 11 is 5.83. The highest BCUT2D eigenvalue weighted by Gasteiger charge is 2.06. The summed E-state index contributed by atoms with van der Waals surface area (Å²) in [5, 5.41) is 10.3. The zero-order valence-electron chi connectivity index (χ0n) is 12.1. The maximum atomic E-state index is 9.86. The van der Waals surface area contributed by atoms with Crippen LogP contribution in [-0.4, -0.2) is 15.9 Å². The Morgan fingerprint density at radius 1 is 1.05 bits per heavy atom. The van der Waals surface area contributed by atoms with Gasteiger partial charge in [0.1, 0.15) is 11.4 Å². The van der Waals surface area contributed by atoms with Gasteiger partial charge in [-0.3, -0.25) is 4.99 Å². The summed E-state index contributed by atoms with van der Waals surface area (Å²) in [4.78, 5) is 4.36. The lowest BCUT2D eigenvalue weighted by Gasteiger charge is -2.09. The average Bonchev–Trinajstić information content (AvgIpc) is 2.88. The summed E-state index contributed by atoms with van der Waals surface area (Å²) in [6.07, 6.45) is 1.74. The van der Waals surface area contributed by atoms with Crippen LogP contribution >= 0.6 is 11.6 Å². The lowest BCUT2D eigenvalue weighted by molar-refractivity contribution is 0.477. The first-order valence-corrected chi connectivity index (χ1v) is 7.29. The first kappa shape index (κ1) is 14.4. The number of para-hydroxylation sites is 1. The van der Waals surface area contributed by atoms with Gasteiger partial charge < -0.3 is 9.67 Å². The summed E-state index contributed by atoms with van der Waals surface area (Å²) in [6.45, 7) is 2.05. The Hall–Kier alpha value is -2.52. The second-order valence-electron chi connectivity index (χ2n) is 4.96. The summed E-state index contributed by atoms with van der Waals surface area (Å²) in [5.74, 6) is 0.0679. The van der Waals surface area contributed by atoms with Crippen molar-refractivity contribution in [3.05, 3.63) is 77.1 Å². The third-order valence-electron chi connectivity index (χ3n) is 3.39. The molecule has 0 fully saturated rings. The molecule has 0 spiro atoms. The third kappa shape index (κ3) is 2.90. The predicted molar refractivity (Wildman–Crippen MR) is 90.9 cm³/mol. The molecule has 0 atom stereocenters. The van der Waals surface area contributed by atoms with E-state index in [4.69, 9.17) is 11.6 Å². The normalized spacial score (nSPS) is 11.2. The van der Waals surface area contributed by atoms with Gasteiger partial charge in [0.15, 0.2) is 0 Å². The van der Waals surface area contributed by atoms with E-state index in [1.807, 2.05) is 49.4 Å². The predicted octanol–water partition coefficient (Wildman–Crippen LogP) is 4.90. The van der Waals surface area contributed by atoms with Gasteiger partial charge in [-0.05, 0) is 43.3 Å². The van der Waals surface area contributed by atoms with Gasteiger partial charge in [-0.25, -0.2) is 0 Å². The molecular weight excluding hydrogens is 296 g/mol. The van der Waals surface area contributed by atoms with Gasteiger partial charge in [0, 0.05) is 22.5 Å². The molecule has 0 unspecified atom stereocenters. The lowest BCUT2D eigenvalue weighted by atomic mass is 10.3. The molecule has 0 radical (unpaired) electrons. The van der Waals surface area contributed by atoms with Crippen LogP contribution in [0.5, 0.6) is 5.75 Å². The number of aromatic hydroxyl groups is 1. The maximum absolute atomic E-state index is 9.86. The van der Waals surface area contributed by atoms with Gasteiger partial charge in [0.05, 0.1) is 11.9 Å². The summed E-state index contributed by atoms with van der Waals surface area (Å²) in [5.41, 5.74) is 3.63. The van der Waals surface area contributed by atoms with Gasteiger partial charge in [-0.2, -0.15) is 0 Å². The number of hydrogen-bond acceptors (Lipinski definition) is 2. The quantitative estimate of drug-likeness (QED) is 0.687. The Morgan fingerprint density at radius 3 is 2.55 bits per heavy atom. The average molecular weight is 311 g/mol. The molecule has 3 aromatic rings. The van der Waals surface area contributed by atoms with Crippen molar-refractivity contribution in [3.63, 3.8) is 0 Å². The minimum atomic E-state index is 0.0679. The Bertz CT molecular complexity index is 822. The number of benzene rings is 2. The SMILES string of the molecule is Cc1ccc(C=Nc2ccc(Cl)cc2O)n1-c1ccccc1. The van der Waals surface area contributed by atoms with Crippen LogP contribution in [0.15, 0.2) is 65.7 Å². The van der Waals surface area contributed by atoms with Gasteiger partial charge >= 0.3 is 0 Å². The largest absolute Gasteiger partial charge is 0.506 e. The standard InChI is InChI=1S/C18H15ClN2O/c1-13-7-9-16(21(13)15-5-3-2-4-6-15)12-20-17-10-8-14(19)11-18(17)22/h2-12,22H,1H3. The highest BCUT2D eigenvalue weighted by Crippen LogP contribution is 2.29. The van der Waals surface area contributed by atoms with Crippen LogP contribution in [-0.2, 0) is 0 Å². The van der Waals surface area contributed by atoms with E-state index in [0.29, 0.717) is 10.7 Å². The maximum Gasteiger partial charge on any atom is 0.142 e. The molecule has 0 bridgehead atoms. The molecule has 0 saturated carbocycles. The van der Waals surface area contributed by atoms with Gasteiger partial charge in [-0.1, -0.05) is 29.8 Å². The molecular formula is C18H15ClN2O. The molecule has 3 rings (SSSR count). The molecule has 4 heteroatoms. The minimum absolute atomic E-state index is 0.0679. The monoisotopic (exact) mass is 310 g/mol. The summed E-state index contributed by atoms with van der Waals surface area (Å²) in [7, 11) is 0. The number of halogens is 1. The first-order valence-electron chi connectivity index (χ1n) is 6.91. The zero-order chi connectivity index (χ0) is 15.5. The highest BCUT2D eigenvalue weighted by atomic mass is 35.5. The number of aliphatic imine (C=N–C) groups is 1. The van der Waals surface area contributed by atoms with Crippen molar-refractivity contribution >= 4 is 23.5 Å². The molecule has 1 N–H and O–H groups in total. The second kappa shape index (κ2) is 6.08.